The largest absolute Gasteiger partial charge is 0.476 e. The SMILES string of the molecule is CCC1CCCCC1OCc1cc(C(=O)O)no1. The number of aromatic nitrogens is 1. The van der Waals surface area contributed by atoms with E-state index in [1.165, 1.54) is 25.3 Å². The van der Waals surface area contributed by atoms with Gasteiger partial charge in [0.1, 0.15) is 6.61 Å². The third-order valence-electron chi connectivity index (χ3n) is 3.58. The molecule has 1 aromatic rings. The fraction of sp³-hybridized carbons (Fsp3) is 0.692. The molecular formula is C13H19NO4. The summed E-state index contributed by atoms with van der Waals surface area (Å²) in [6.07, 6.45) is 6.18. The molecule has 0 saturated heterocycles. The Labute approximate surface area is 106 Å². The monoisotopic (exact) mass is 253 g/mol. The number of nitrogens with zero attached hydrogens (tertiary/aromatic N) is 1. The van der Waals surface area contributed by atoms with Crippen molar-refractivity contribution < 1.29 is 19.2 Å². The molecule has 0 aliphatic heterocycles. The predicted octanol–water partition coefficient (Wildman–Crippen LogP) is 2.86. The van der Waals surface area contributed by atoms with Crippen LogP contribution in [0.5, 0.6) is 0 Å². The molecule has 1 aliphatic carbocycles. The summed E-state index contributed by atoms with van der Waals surface area (Å²) in [6.45, 7) is 2.49. The molecule has 1 saturated carbocycles. The van der Waals surface area contributed by atoms with Crippen LogP contribution >= 0.6 is 0 Å². The van der Waals surface area contributed by atoms with Crippen molar-refractivity contribution >= 4 is 5.97 Å². The molecule has 1 aromatic heterocycles. The molecule has 2 rings (SSSR count). The zero-order valence-electron chi connectivity index (χ0n) is 10.6. The van der Waals surface area contributed by atoms with Gasteiger partial charge in [-0.05, 0) is 18.8 Å². The van der Waals surface area contributed by atoms with Crippen LogP contribution in [0.2, 0.25) is 0 Å². The average molecular weight is 253 g/mol. The van der Waals surface area contributed by atoms with Gasteiger partial charge in [-0.1, -0.05) is 31.3 Å². The molecular weight excluding hydrogens is 234 g/mol. The fourth-order valence-corrected chi connectivity index (χ4v) is 2.53. The predicted molar refractivity (Wildman–Crippen MR) is 64.3 cm³/mol. The summed E-state index contributed by atoms with van der Waals surface area (Å²) in [5.74, 6) is 0.0162. The number of hydrogen-bond donors (Lipinski definition) is 1. The van der Waals surface area contributed by atoms with Crippen LogP contribution in [-0.2, 0) is 11.3 Å². The smallest absolute Gasteiger partial charge is 0.358 e. The van der Waals surface area contributed by atoms with Crippen LogP contribution in [0.15, 0.2) is 10.6 Å². The van der Waals surface area contributed by atoms with E-state index in [0.29, 0.717) is 18.3 Å². The van der Waals surface area contributed by atoms with Crippen LogP contribution in [-0.4, -0.2) is 22.3 Å². The van der Waals surface area contributed by atoms with Crippen molar-refractivity contribution in [2.45, 2.75) is 51.7 Å². The van der Waals surface area contributed by atoms with Gasteiger partial charge in [-0.2, -0.15) is 0 Å². The van der Waals surface area contributed by atoms with Crippen LogP contribution in [0.1, 0.15) is 55.3 Å². The van der Waals surface area contributed by atoms with Crippen LogP contribution < -0.4 is 0 Å². The van der Waals surface area contributed by atoms with Gasteiger partial charge in [0, 0.05) is 6.07 Å². The van der Waals surface area contributed by atoms with E-state index in [9.17, 15) is 4.79 Å². The minimum absolute atomic E-state index is 0.0655. The Bertz CT molecular complexity index is 401. The lowest BCUT2D eigenvalue weighted by atomic mass is 9.85. The van der Waals surface area contributed by atoms with E-state index in [4.69, 9.17) is 14.4 Å². The Balaban J connectivity index is 1.87. The van der Waals surface area contributed by atoms with Crippen molar-refractivity contribution in [1.29, 1.82) is 0 Å². The molecule has 0 aromatic carbocycles. The number of ether oxygens (including phenoxy) is 1. The van der Waals surface area contributed by atoms with Crippen molar-refractivity contribution in [3.63, 3.8) is 0 Å². The van der Waals surface area contributed by atoms with E-state index < -0.39 is 5.97 Å². The van der Waals surface area contributed by atoms with Gasteiger partial charge in [-0.25, -0.2) is 4.79 Å². The maximum absolute atomic E-state index is 10.7. The van der Waals surface area contributed by atoms with E-state index in [1.54, 1.807) is 0 Å². The average Bonchev–Trinajstić information content (AvgIpc) is 2.85. The van der Waals surface area contributed by atoms with Crippen LogP contribution in [0.25, 0.3) is 0 Å². The summed E-state index contributed by atoms with van der Waals surface area (Å²) < 4.78 is 10.8. The number of carbonyl (C=O) groups is 1. The Hall–Kier alpha value is -1.36. The number of rotatable bonds is 5. The van der Waals surface area contributed by atoms with Gasteiger partial charge in [0.15, 0.2) is 11.5 Å². The zero-order valence-corrected chi connectivity index (χ0v) is 10.6. The third kappa shape index (κ3) is 3.10. The molecule has 1 heterocycles. The number of aromatic carboxylic acids is 1. The molecule has 5 nitrogen and oxygen atoms in total. The van der Waals surface area contributed by atoms with Crippen molar-refractivity contribution in [3.8, 4) is 0 Å². The molecule has 100 valence electrons. The lowest BCUT2D eigenvalue weighted by molar-refractivity contribution is -0.0298. The molecule has 1 aliphatic rings. The maximum Gasteiger partial charge on any atom is 0.358 e. The van der Waals surface area contributed by atoms with Crippen LogP contribution in [0.3, 0.4) is 0 Å². The second-order valence-corrected chi connectivity index (χ2v) is 4.79. The second kappa shape index (κ2) is 6.00. The van der Waals surface area contributed by atoms with Gasteiger partial charge in [0.2, 0.25) is 0 Å². The first-order chi connectivity index (χ1) is 8.70. The molecule has 1 fully saturated rings. The molecule has 18 heavy (non-hydrogen) atoms. The van der Waals surface area contributed by atoms with E-state index in [1.807, 2.05) is 0 Å². The highest BCUT2D eigenvalue weighted by Crippen LogP contribution is 2.29. The Kier molecular flexibility index (Phi) is 4.36. The minimum atomic E-state index is -1.07. The Morgan fingerprint density at radius 1 is 1.56 bits per heavy atom. The summed E-state index contributed by atoms with van der Waals surface area (Å²) in [7, 11) is 0. The molecule has 0 amide bonds. The Morgan fingerprint density at radius 2 is 2.33 bits per heavy atom. The molecule has 5 heteroatoms. The number of carboxylic acid groups (broad SMARTS) is 1. The summed E-state index contributed by atoms with van der Waals surface area (Å²) in [5.41, 5.74) is -0.0655. The lowest BCUT2D eigenvalue weighted by Gasteiger charge is -2.30. The molecule has 2 unspecified atom stereocenters. The molecule has 0 bridgehead atoms. The molecule has 2 atom stereocenters. The second-order valence-electron chi connectivity index (χ2n) is 4.79. The van der Waals surface area contributed by atoms with E-state index in [-0.39, 0.29) is 11.8 Å². The molecule has 0 spiro atoms. The van der Waals surface area contributed by atoms with E-state index in [2.05, 4.69) is 12.1 Å². The summed E-state index contributed by atoms with van der Waals surface area (Å²) in [5, 5.41) is 12.2. The third-order valence-corrected chi connectivity index (χ3v) is 3.58. The van der Waals surface area contributed by atoms with E-state index >= 15 is 0 Å². The van der Waals surface area contributed by atoms with Crippen molar-refractivity contribution in [1.82, 2.24) is 5.16 Å². The Morgan fingerprint density at radius 3 is 3.00 bits per heavy atom. The highest BCUT2D eigenvalue weighted by atomic mass is 16.5. The number of carboxylic acids is 1. The van der Waals surface area contributed by atoms with Gasteiger partial charge in [-0.15, -0.1) is 0 Å². The van der Waals surface area contributed by atoms with Crippen molar-refractivity contribution in [2.24, 2.45) is 5.92 Å². The first-order valence-corrected chi connectivity index (χ1v) is 6.51. The van der Waals surface area contributed by atoms with Crippen molar-refractivity contribution in [3.05, 3.63) is 17.5 Å². The lowest BCUT2D eigenvalue weighted by Crippen LogP contribution is -2.27. The minimum Gasteiger partial charge on any atom is -0.476 e. The highest BCUT2D eigenvalue weighted by molar-refractivity contribution is 5.85. The summed E-state index contributed by atoms with van der Waals surface area (Å²) in [4.78, 5) is 10.7. The highest BCUT2D eigenvalue weighted by Gasteiger charge is 2.24. The summed E-state index contributed by atoms with van der Waals surface area (Å²) >= 11 is 0. The molecule has 1 N–H and O–H groups in total. The van der Waals surface area contributed by atoms with E-state index in [0.717, 1.165) is 12.8 Å². The topological polar surface area (TPSA) is 72.6 Å². The van der Waals surface area contributed by atoms with Crippen LogP contribution in [0, 0.1) is 5.92 Å². The van der Waals surface area contributed by atoms with Gasteiger partial charge < -0.3 is 14.4 Å². The quantitative estimate of drug-likeness (QED) is 0.873. The summed E-state index contributed by atoms with van der Waals surface area (Å²) in [6, 6.07) is 1.42. The van der Waals surface area contributed by atoms with Gasteiger partial charge in [0.25, 0.3) is 0 Å². The van der Waals surface area contributed by atoms with Crippen LogP contribution in [0.4, 0.5) is 0 Å². The van der Waals surface area contributed by atoms with Gasteiger partial charge in [-0.3, -0.25) is 0 Å². The maximum atomic E-state index is 10.7. The molecule has 0 radical (unpaired) electrons. The number of hydrogen-bond acceptors (Lipinski definition) is 4. The van der Waals surface area contributed by atoms with Gasteiger partial charge >= 0.3 is 5.97 Å². The van der Waals surface area contributed by atoms with Gasteiger partial charge in [0.05, 0.1) is 6.10 Å². The standard InChI is InChI=1S/C13H19NO4/c1-2-9-5-3-4-6-12(9)17-8-10-7-11(13(15)16)14-18-10/h7,9,12H,2-6,8H2,1H3,(H,15,16). The zero-order chi connectivity index (χ0) is 13.0. The first kappa shape index (κ1) is 13.1. The normalized spacial score (nSPS) is 24.1. The first-order valence-electron chi connectivity index (χ1n) is 6.51. The fourth-order valence-electron chi connectivity index (χ4n) is 2.53. The van der Waals surface area contributed by atoms with Crippen molar-refractivity contribution in [2.75, 3.05) is 0 Å².